The summed E-state index contributed by atoms with van der Waals surface area (Å²) >= 11 is 2.77. The Bertz CT molecular complexity index is 593. The fourth-order valence-electron chi connectivity index (χ4n) is 1.50. The van der Waals surface area contributed by atoms with Gasteiger partial charge in [-0.15, -0.1) is 0 Å². The van der Waals surface area contributed by atoms with Gasteiger partial charge in [-0.2, -0.15) is 8.78 Å². The van der Waals surface area contributed by atoms with Crippen molar-refractivity contribution in [3.05, 3.63) is 40.8 Å². The Kier molecular flexibility index (Phi) is 5.62. The maximum Gasteiger partial charge on any atom is 0.319 e. The van der Waals surface area contributed by atoms with Crippen LogP contribution in [-0.2, 0) is 9.84 Å². The highest BCUT2D eigenvalue weighted by Gasteiger charge is 2.40. The SMILES string of the molecule is Cc1ccc(S(=O)(=O)/C=C(/C(C)(C)I)C(F)(F)I)cc1. The van der Waals surface area contributed by atoms with Gasteiger partial charge in [-0.05, 0) is 32.9 Å². The van der Waals surface area contributed by atoms with Crippen LogP contribution in [0, 0.1) is 6.92 Å². The molecule has 1 aromatic rings. The first-order chi connectivity index (χ1) is 8.84. The van der Waals surface area contributed by atoms with Crippen LogP contribution in [0.4, 0.5) is 8.78 Å². The third kappa shape index (κ3) is 4.90. The first-order valence-electron chi connectivity index (χ1n) is 5.64. The zero-order valence-electron chi connectivity index (χ0n) is 11.1. The van der Waals surface area contributed by atoms with E-state index in [9.17, 15) is 17.2 Å². The molecule has 0 spiro atoms. The summed E-state index contributed by atoms with van der Waals surface area (Å²) in [7, 11) is -3.89. The van der Waals surface area contributed by atoms with Crippen LogP contribution in [0.5, 0.6) is 0 Å². The minimum absolute atomic E-state index is 0.0156. The maximum atomic E-state index is 13.6. The Hall–Kier alpha value is 0.230. The molecule has 0 radical (unpaired) electrons. The van der Waals surface area contributed by atoms with Gasteiger partial charge in [0.1, 0.15) is 0 Å². The molecule has 1 aromatic carbocycles. The van der Waals surface area contributed by atoms with E-state index in [1.807, 2.05) is 29.5 Å². The van der Waals surface area contributed by atoms with Gasteiger partial charge in [-0.3, -0.25) is 0 Å². The van der Waals surface area contributed by atoms with Crippen molar-refractivity contribution in [2.45, 2.75) is 33.0 Å². The summed E-state index contributed by atoms with van der Waals surface area (Å²) in [5, 5.41) is 0.691. The fourth-order valence-corrected chi connectivity index (χ4v) is 5.16. The van der Waals surface area contributed by atoms with Gasteiger partial charge in [0.15, 0.2) is 9.84 Å². The number of allylic oxidation sites excluding steroid dienone is 1. The van der Waals surface area contributed by atoms with Gasteiger partial charge in [0.2, 0.25) is 0 Å². The number of hydrogen-bond donors (Lipinski definition) is 0. The normalized spacial score (nSPS) is 14.4. The molecule has 0 atom stereocenters. The second-order valence-corrected chi connectivity index (χ2v) is 10.7. The van der Waals surface area contributed by atoms with E-state index >= 15 is 0 Å². The summed E-state index contributed by atoms with van der Waals surface area (Å²) in [6.45, 7) is 4.93. The number of rotatable bonds is 4. The number of sulfone groups is 1. The molecule has 0 unspecified atom stereocenters. The van der Waals surface area contributed by atoms with Crippen molar-refractivity contribution in [3.63, 3.8) is 0 Å². The first-order valence-corrected chi connectivity index (χ1v) is 9.34. The van der Waals surface area contributed by atoms with E-state index in [1.165, 1.54) is 12.1 Å². The van der Waals surface area contributed by atoms with Crippen LogP contribution in [-0.4, -0.2) is 15.8 Å². The van der Waals surface area contributed by atoms with E-state index in [0.29, 0.717) is 5.41 Å². The molecule has 0 saturated heterocycles. The van der Waals surface area contributed by atoms with Crippen LogP contribution >= 0.6 is 45.2 Å². The quantitative estimate of drug-likeness (QED) is 0.414. The van der Waals surface area contributed by atoms with Crippen molar-refractivity contribution in [3.8, 4) is 0 Å². The molecular weight excluding hydrogens is 512 g/mol. The van der Waals surface area contributed by atoms with E-state index in [-0.39, 0.29) is 4.90 Å². The van der Waals surface area contributed by atoms with Gasteiger partial charge in [0.05, 0.1) is 4.90 Å². The van der Waals surface area contributed by atoms with Gasteiger partial charge in [-0.1, -0.05) is 40.3 Å². The summed E-state index contributed by atoms with van der Waals surface area (Å²) in [5.41, 5.74) is 0.480. The Morgan fingerprint density at radius 3 is 1.95 bits per heavy atom. The van der Waals surface area contributed by atoms with E-state index in [1.54, 1.807) is 26.0 Å². The Morgan fingerprint density at radius 1 is 1.15 bits per heavy atom. The van der Waals surface area contributed by atoms with Crippen molar-refractivity contribution in [2.75, 3.05) is 0 Å². The van der Waals surface area contributed by atoms with Gasteiger partial charge in [-0.25, -0.2) is 8.42 Å². The minimum atomic E-state index is -3.89. The molecule has 0 aromatic heterocycles. The number of halogens is 4. The van der Waals surface area contributed by atoms with Crippen LogP contribution in [0.15, 0.2) is 40.1 Å². The average molecular weight is 526 g/mol. The number of alkyl halides is 4. The number of aryl methyl sites for hydroxylation is 1. The van der Waals surface area contributed by atoms with Crippen molar-refractivity contribution < 1.29 is 17.2 Å². The standard InChI is InChI=1S/C13H14F2I2O2S/c1-9-4-6-10(7-5-9)20(18,19)8-11(12(2,3)16)13(14,15)17/h4-8H,1-3H3/b11-8-. The Morgan fingerprint density at radius 2 is 1.60 bits per heavy atom. The highest BCUT2D eigenvalue weighted by molar-refractivity contribution is 14.1. The lowest BCUT2D eigenvalue weighted by Crippen LogP contribution is -2.26. The molecule has 0 aliphatic rings. The second-order valence-electron chi connectivity index (χ2n) is 4.86. The minimum Gasteiger partial charge on any atom is -0.219 e. The molecule has 0 aliphatic carbocycles. The van der Waals surface area contributed by atoms with Crippen LogP contribution in [0.2, 0.25) is 0 Å². The highest BCUT2D eigenvalue weighted by atomic mass is 127. The Labute approximate surface area is 145 Å². The molecule has 112 valence electrons. The average Bonchev–Trinajstić information content (AvgIpc) is 2.23. The zero-order chi connectivity index (χ0) is 15.8. The van der Waals surface area contributed by atoms with Crippen LogP contribution in [0.1, 0.15) is 19.4 Å². The fraction of sp³-hybridized carbons (Fsp3) is 0.385. The van der Waals surface area contributed by atoms with Crippen LogP contribution in [0.25, 0.3) is 0 Å². The molecular formula is C13H14F2I2O2S. The molecule has 0 heterocycles. The molecule has 0 bridgehead atoms. The molecule has 20 heavy (non-hydrogen) atoms. The highest BCUT2D eigenvalue weighted by Crippen LogP contribution is 2.43. The van der Waals surface area contributed by atoms with E-state index in [4.69, 9.17) is 0 Å². The molecule has 2 nitrogen and oxygen atoms in total. The molecule has 0 amide bonds. The van der Waals surface area contributed by atoms with Gasteiger partial charge in [0.25, 0.3) is 0 Å². The topological polar surface area (TPSA) is 34.1 Å². The summed E-state index contributed by atoms with van der Waals surface area (Å²) in [5.74, 6) is 0. The lowest BCUT2D eigenvalue weighted by molar-refractivity contribution is 0.162. The van der Waals surface area contributed by atoms with Gasteiger partial charge < -0.3 is 0 Å². The maximum absolute atomic E-state index is 13.6. The largest absolute Gasteiger partial charge is 0.319 e. The van der Waals surface area contributed by atoms with E-state index < -0.39 is 22.8 Å². The van der Waals surface area contributed by atoms with Crippen molar-refractivity contribution in [1.29, 1.82) is 0 Å². The number of hydrogen-bond acceptors (Lipinski definition) is 2. The van der Waals surface area contributed by atoms with Crippen molar-refractivity contribution in [1.82, 2.24) is 0 Å². The zero-order valence-corrected chi connectivity index (χ0v) is 16.3. The summed E-state index contributed by atoms with van der Waals surface area (Å²) < 4.78 is 47.6. The second kappa shape index (κ2) is 6.15. The molecule has 0 fully saturated rings. The third-order valence-corrected chi connectivity index (χ3v) is 5.21. The smallest absolute Gasteiger partial charge is 0.219 e. The monoisotopic (exact) mass is 526 g/mol. The van der Waals surface area contributed by atoms with E-state index in [2.05, 4.69) is 0 Å². The van der Waals surface area contributed by atoms with Gasteiger partial charge >= 0.3 is 3.93 Å². The molecule has 7 heteroatoms. The van der Waals surface area contributed by atoms with E-state index in [0.717, 1.165) is 28.2 Å². The predicted octanol–water partition coefficient (Wildman–Crippen LogP) is 4.89. The Balaban J connectivity index is 3.40. The third-order valence-electron chi connectivity index (χ3n) is 2.57. The molecule has 0 N–H and O–H groups in total. The van der Waals surface area contributed by atoms with Crippen molar-refractivity contribution in [2.24, 2.45) is 0 Å². The summed E-state index contributed by atoms with van der Waals surface area (Å²) in [4.78, 5) is 0.0156. The lowest BCUT2D eigenvalue weighted by Gasteiger charge is -2.24. The first kappa shape index (κ1) is 18.3. The molecule has 1 rings (SSSR count). The van der Waals surface area contributed by atoms with Crippen molar-refractivity contribution >= 4 is 55.0 Å². The van der Waals surface area contributed by atoms with Gasteiger partial charge in [0, 0.05) is 37.0 Å². The predicted molar refractivity (Wildman–Crippen MR) is 93.5 cm³/mol. The molecule has 0 aliphatic heterocycles. The van der Waals surface area contributed by atoms with Crippen LogP contribution < -0.4 is 0 Å². The summed E-state index contributed by atoms with van der Waals surface area (Å²) in [6, 6.07) is 6.12. The molecule has 0 saturated carbocycles. The summed E-state index contributed by atoms with van der Waals surface area (Å²) in [6.07, 6.45) is 0. The number of benzene rings is 1. The lowest BCUT2D eigenvalue weighted by atomic mass is 10.1. The van der Waals surface area contributed by atoms with Crippen LogP contribution in [0.3, 0.4) is 0 Å².